The normalized spacial score (nSPS) is 11.1. The number of hydrogen-bond acceptors (Lipinski definition) is 2. The van der Waals surface area contributed by atoms with Crippen LogP contribution in [0.3, 0.4) is 0 Å². The van der Waals surface area contributed by atoms with Crippen molar-refractivity contribution >= 4 is 46.3 Å². The van der Waals surface area contributed by atoms with Crippen molar-refractivity contribution < 1.29 is 0 Å². The highest BCUT2D eigenvalue weighted by Gasteiger charge is 2.14. The Morgan fingerprint density at radius 2 is 0.460 bits per heavy atom. The average molecular weight is 647 g/mol. The van der Waals surface area contributed by atoms with E-state index in [1.54, 1.807) is 0 Å². The van der Waals surface area contributed by atoms with Crippen LogP contribution in [-0.2, 0) is 0 Å². The Kier molecular flexibility index (Phi) is 9.44. The minimum atomic E-state index is 1.13. The first-order valence-electron chi connectivity index (χ1n) is 17.3. The van der Waals surface area contributed by atoms with Gasteiger partial charge < -0.3 is 9.80 Å². The van der Waals surface area contributed by atoms with Gasteiger partial charge in [0.05, 0.1) is 0 Å². The van der Waals surface area contributed by atoms with Crippen LogP contribution in [0.2, 0.25) is 0 Å². The third kappa shape index (κ3) is 7.46. The highest BCUT2D eigenvalue weighted by molar-refractivity contribution is 5.80. The summed E-state index contributed by atoms with van der Waals surface area (Å²) in [4.78, 5) is 4.62. The van der Waals surface area contributed by atoms with Crippen LogP contribution in [0.15, 0.2) is 170 Å². The SMILES string of the molecule is Cc1ccc(N(c2ccc(C)cc2)c2ccc(C=Cc3ccc(-c4ccc(N(c5ccc(C)cc5)c5ccc(C)cc5)cc4)cc3)cc2)cc1. The first kappa shape index (κ1) is 32.4. The van der Waals surface area contributed by atoms with Crippen LogP contribution in [-0.4, -0.2) is 0 Å². The molecular formula is C48H42N2. The van der Waals surface area contributed by atoms with Crippen LogP contribution < -0.4 is 9.80 Å². The number of nitrogens with zero attached hydrogens (tertiary/aromatic N) is 2. The van der Waals surface area contributed by atoms with Crippen LogP contribution in [0, 0.1) is 27.7 Å². The molecule has 2 nitrogen and oxygen atoms in total. The van der Waals surface area contributed by atoms with E-state index < -0.39 is 0 Å². The molecule has 0 bridgehead atoms. The second kappa shape index (κ2) is 14.6. The zero-order valence-corrected chi connectivity index (χ0v) is 29.2. The maximum Gasteiger partial charge on any atom is 0.0462 e. The zero-order valence-electron chi connectivity index (χ0n) is 29.2. The van der Waals surface area contributed by atoms with E-state index in [9.17, 15) is 0 Å². The fourth-order valence-corrected chi connectivity index (χ4v) is 6.19. The molecule has 0 radical (unpaired) electrons. The van der Waals surface area contributed by atoms with Gasteiger partial charge in [-0.1, -0.05) is 131 Å². The molecule has 0 aliphatic heterocycles. The summed E-state index contributed by atoms with van der Waals surface area (Å²) in [6, 6.07) is 61.3. The van der Waals surface area contributed by atoms with E-state index in [0.717, 1.165) is 39.7 Å². The maximum absolute atomic E-state index is 2.31. The minimum Gasteiger partial charge on any atom is -0.311 e. The van der Waals surface area contributed by atoms with Gasteiger partial charge in [0.15, 0.2) is 0 Å². The van der Waals surface area contributed by atoms with E-state index in [-0.39, 0.29) is 0 Å². The monoisotopic (exact) mass is 646 g/mol. The van der Waals surface area contributed by atoms with Gasteiger partial charge in [0.2, 0.25) is 0 Å². The van der Waals surface area contributed by atoms with Crippen LogP contribution in [0.4, 0.5) is 34.1 Å². The molecule has 0 aliphatic carbocycles. The molecular weight excluding hydrogens is 605 g/mol. The van der Waals surface area contributed by atoms with Crippen molar-refractivity contribution in [3.63, 3.8) is 0 Å². The maximum atomic E-state index is 2.31. The van der Waals surface area contributed by atoms with Crippen molar-refractivity contribution in [2.24, 2.45) is 0 Å². The van der Waals surface area contributed by atoms with E-state index >= 15 is 0 Å². The van der Waals surface area contributed by atoms with Crippen LogP contribution in [0.5, 0.6) is 0 Å². The van der Waals surface area contributed by atoms with Gasteiger partial charge in [0.1, 0.15) is 0 Å². The standard InChI is InChI=1S/C48H42N2/c1-35-5-23-43(24-6-35)49(44-25-7-36(2)8-26-44)47-31-17-40(18-32-47)14-13-39-15-19-41(20-16-39)42-21-33-48(34-22-42)50(45-27-9-37(3)10-28-45)46-29-11-38(4)12-30-46/h5-34H,1-4H3. The number of hydrogen-bond donors (Lipinski definition) is 0. The minimum absolute atomic E-state index is 1.13. The van der Waals surface area contributed by atoms with Gasteiger partial charge in [-0.05, 0) is 123 Å². The molecule has 0 saturated carbocycles. The molecule has 0 atom stereocenters. The number of rotatable bonds is 9. The lowest BCUT2D eigenvalue weighted by Crippen LogP contribution is -2.09. The lowest BCUT2D eigenvalue weighted by atomic mass is 10.0. The third-order valence-electron chi connectivity index (χ3n) is 9.16. The summed E-state index contributed by atoms with van der Waals surface area (Å²) in [5.74, 6) is 0. The number of benzene rings is 7. The van der Waals surface area contributed by atoms with E-state index in [1.165, 1.54) is 38.9 Å². The van der Waals surface area contributed by atoms with Gasteiger partial charge in [0, 0.05) is 34.1 Å². The Bertz CT molecular complexity index is 2080. The average Bonchev–Trinajstić information content (AvgIpc) is 3.15. The molecule has 0 heterocycles. The Balaban J connectivity index is 1.07. The summed E-state index contributed by atoms with van der Waals surface area (Å²) in [5, 5.41) is 0. The van der Waals surface area contributed by atoms with Crippen LogP contribution >= 0.6 is 0 Å². The van der Waals surface area contributed by atoms with Gasteiger partial charge in [-0.25, -0.2) is 0 Å². The highest BCUT2D eigenvalue weighted by Crippen LogP contribution is 2.37. The molecule has 0 unspecified atom stereocenters. The van der Waals surface area contributed by atoms with Gasteiger partial charge in [-0.2, -0.15) is 0 Å². The van der Waals surface area contributed by atoms with Gasteiger partial charge in [-0.3, -0.25) is 0 Å². The summed E-state index contributed by atoms with van der Waals surface area (Å²) < 4.78 is 0. The summed E-state index contributed by atoms with van der Waals surface area (Å²) in [7, 11) is 0. The molecule has 0 aromatic heterocycles. The van der Waals surface area contributed by atoms with Crippen molar-refractivity contribution in [1.29, 1.82) is 0 Å². The lowest BCUT2D eigenvalue weighted by molar-refractivity contribution is 1.27. The molecule has 244 valence electrons. The molecule has 0 aliphatic rings. The second-order valence-corrected chi connectivity index (χ2v) is 13.1. The molecule has 7 rings (SSSR count). The fourth-order valence-electron chi connectivity index (χ4n) is 6.19. The van der Waals surface area contributed by atoms with E-state index in [0.29, 0.717) is 0 Å². The van der Waals surface area contributed by atoms with Crippen molar-refractivity contribution in [2.75, 3.05) is 9.80 Å². The molecule has 50 heavy (non-hydrogen) atoms. The Morgan fingerprint density at radius 1 is 0.260 bits per heavy atom. The summed E-state index contributed by atoms with van der Waals surface area (Å²) >= 11 is 0. The first-order chi connectivity index (χ1) is 24.4. The molecule has 0 N–H and O–H groups in total. The number of anilines is 6. The molecule has 0 spiro atoms. The van der Waals surface area contributed by atoms with Gasteiger partial charge >= 0.3 is 0 Å². The Hall–Kier alpha value is -6.12. The second-order valence-electron chi connectivity index (χ2n) is 13.1. The van der Waals surface area contributed by atoms with Gasteiger partial charge in [-0.15, -0.1) is 0 Å². The molecule has 0 amide bonds. The Labute approximate surface area is 297 Å². The van der Waals surface area contributed by atoms with Crippen molar-refractivity contribution in [3.8, 4) is 11.1 Å². The Morgan fingerprint density at radius 3 is 0.740 bits per heavy atom. The molecule has 7 aromatic rings. The molecule has 7 aromatic carbocycles. The predicted octanol–water partition coefficient (Wildman–Crippen LogP) is 13.7. The van der Waals surface area contributed by atoms with E-state index in [4.69, 9.17) is 0 Å². The van der Waals surface area contributed by atoms with Gasteiger partial charge in [0.25, 0.3) is 0 Å². The topological polar surface area (TPSA) is 6.48 Å². The van der Waals surface area contributed by atoms with Crippen molar-refractivity contribution in [1.82, 2.24) is 0 Å². The van der Waals surface area contributed by atoms with E-state index in [1.807, 2.05) is 0 Å². The zero-order chi connectivity index (χ0) is 34.5. The summed E-state index contributed by atoms with van der Waals surface area (Å²) in [5.41, 5.74) is 16.6. The fraction of sp³-hybridized carbons (Fsp3) is 0.0833. The summed E-state index contributed by atoms with van der Waals surface area (Å²) in [6.45, 7) is 8.50. The molecule has 0 saturated heterocycles. The quantitative estimate of drug-likeness (QED) is 0.144. The lowest BCUT2D eigenvalue weighted by Gasteiger charge is -2.26. The van der Waals surface area contributed by atoms with Crippen LogP contribution in [0.1, 0.15) is 33.4 Å². The predicted molar refractivity (Wildman–Crippen MR) is 216 cm³/mol. The molecule has 0 fully saturated rings. The third-order valence-corrected chi connectivity index (χ3v) is 9.16. The smallest absolute Gasteiger partial charge is 0.0462 e. The summed E-state index contributed by atoms with van der Waals surface area (Å²) in [6.07, 6.45) is 4.36. The first-order valence-corrected chi connectivity index (χ1v) is 17.3. The number of aryl methyl sites for hydroxylation is 4. The largest absolute Gasteiger partial charge is 0.311 e. The highest BCUT2D eigenvalue weighted by atomic mass is 15.1. The van der Waals surface area contributed by atoms with Crippen molar-refractivity contribution in [3.05, 3.63) is 203 Å². The van der Waals surface area contributed by atoms with Crippen LogP contribution in [0.25, 0.3) is 23.3 Å². The van der Waals surface area contributed by atoms with Crippen molar-refractivity contribution in [2.45, 2.75) is 27.7 Å². The van der Waals surface area contributed by atoms with E-state index in [2.05, 4.69) is 220 Å². The molecule has 2 heteroatoms.